The molecule has 0 aliphatic heterocycles. The molecule has 0 radical (unpaired) electrons. The largest absolute Gasteiger partial charge is 0.488 e. The van der Waals surface area contributed by atoms with Crippen LogP contribution in [0.2, 0.25) is 0 Å². The van der Waals surface area contributed by atoms with Crippen molar-refractivity contribution in [1.82, 2.24) is 0 Å². The maximum absolute atomic E-state index is 12.9. The summed E-state index contributed by atoms with van der Waals surface area (Å²) < 4.78 is 18.9. The number of halogens is 2. The topological polar surface area (TPSA) is 29.5 Å². The van der Waals surface area contributed by atoms with Gasteiger partial charge in [0.05, 0.1) is 10.6 Å². The number of benzene rings is 1. The molecular formula is C11H12BrFO2. The monoisotopic (exact) mass is 274 g/mol. The van der Waals surface area contributed by atoms with E-state index < -0.39 is 6.10 Å². The Hall–Kier alpha value is -0.610. The summed E-state index contributed by atoms with van der Waals surface area (Å²) in [4.78, 5) is 0. The highest BCUT2D eigenvalue weighted by molar-refractivity contribution is 9.10. The van der Waals surface area contributed by atoms with Crippen LogP contribution in [0, 0.1) is 5.82 Å². The SMILES string of the molecule is O[C@H]1CCC[C@@H]1Oc1ccc(F)c(Br)c1. The van der Waals surface area contributed by atoms with Gasteiger partial charge >= 0.3 is 0 Å². The van der Waals surface area contributed by atoms with E-state index in [9.17, 15) is 9.50 Å². The minimum Gasteiger partial charge on any atom is -0.488 e. The van der Waals surface area contributed by atoms with E-state index in [-0.39, 0.29) is 11.9 Å². The summed E-state index contributed by atoms with van der Waals surface area (Å²) in [6, 6.07) is 4.51. The Morgan fingerprint density at radius 2 is 2.20 bits per heavy atom. The van der Waals surface area contributed by atoms with E-state index >= 15 is 0 Å². The van der Waals surface area contributed by atoms with Crippen LogP contribution in [0.4, 0.5) is 4.39 Å². The van der Waals surface area contributed by atoms with Gasteiger partial charge in [-0.05, 0) is 53.4 Å². The number of ether oxygens (including phenoxy) is 1. The molecule has 4 heteroatoms. The highest BCUT2D eigenvalue weighted by Gasteiger charge is 2.26. The fourth-order valence-corrected chi connectivity index (χ4v) is 2.13. The van der Waals surface area contributed by atoms with Gasteiger partial charge in [0.15, 0.2) is 0 Å². The number of aliphatic hydroxyl groups is 1. The molecule has 15 heavy (non-hydrogen) atoms. The van der Waals surface area contributed by atoms with Crippen LogP contribution < -0.4 is 4.74 Å². The molecule has 1 aliphatic carbocycles. The zero-order valence-corrected chi connectivity index (χ0v) is 9.71. The molecule has 2 atom stereocenters. The Kier molecular flexibility index (Phi) is 3.26. The van der Waals surface area contributed by atoms with Gasteiger partial charge in [0, 0.05) is 0 Å². The Morgan fingerprint density at radius 1 is 1.40 bits per heavy atom. The van der Waals surface area contributed by atoms with Crippen LogP contribution in [-0.4, -0.2) is 17.3 Å². The summed E-state index contributed by atoms with van der Waals surface area (Å²) in [6.07, 6.45) is 2.08. The predicted molar refractivity (Wildman–Crippen MR) is 58.4 cm³/mol. The molecule has 1 N–H and O–H groups in total. The summed E-state index contributed by atoms with van der Waals surface area (Å²) in [5, 5.41) is 9.56. The summed E-state index contributed by atoms with van der Waals surface area (Å²) in [7, 11) is 0. The van der Waals surface area contributed by atoms with E-state index in [1.165, 1.54) is 6.07 Å². The molecule has 0 heterocycles. The first kappa shape index (κ1) is 10.9. The molecule has 1 aromatic rings. The van der Waals surface area contributed by atoms with Crippen LogP contribution in [0.5, 0.6) is 5.75 Å². The van der Waals surface area contributed by atoms with Gasteiger partial charge in [-0.25, -0.2) is 4.39 Å². The first-order chi connectivity index (χ1) is 7.16. The molecular weight excluding hydrogens is 263 g/mol. The van der Waals surface area contributed by atoms with Gasteiger partial charge in [0.1, 0.15) is 17.7 Å². The molecule has 1 saturated carbocycles. The van der Waals surface area contributed by atoms with Crippen LogP contribution in [0.25, 0.3) is 0 Å². The normalized spacial score (nSPS) is 25.5. The highest BCUT2D eigenvalue weighted by atomic mass is 79.9. The maximum atomic E-state index is 12.9. The highest BCUT2D eigenvalue weighted by Crippen LogP contribution is 2.27. The van der Waals surface area contributed by atoms with Crippen molar-refractivity contribution in [2.45, 2.75) is 31.5 Å². The zero-order valence-electron chi connectivity index (χ0n) is 8.12. The maximum Gasteiger partial charge on any atom is 0.137 e. The Balaban J connectivity index is 2.07. The molecule has 0 saturated heterocycles. The lowest BCUT2D eigenvalue weighted by Gasteiger charge is -2.17. The molecule has 0 aromatic heterocycles. The summed E-state index contributed by atoms with van der Waals surface area (Å²) in [5.41, 5.74) is 0. The second-order valence-corrected chi connectivity index (χ2v) is 4.58. The fraction of sp³-hybridized carbons (Fsp3) is 0.455. The molecule has 82 valence electrons. The van der Waals surface area contributed by atoms with Crippen molar-refractivity contribution in [3.63, 3.8) is 0 Å². The molecule has 0 bridgehead atoms. The molecule has 2 nitrogen and oxygen atoms in total. The smallest absolute Gasteiger partial charge is 0.137 e. The van der Waals surface area contributed by atoms with Gasteiger partial charge in [-0.2, -0.15) is 0 Å². The predicted octanol–water partition coefficient (Wildman–Crippen LogP) is 2.88. The minimum atomic E-state index is -0.395. The molecule has 1 fully saturated rings. The Morgan fingerprint density at radius 3 is 2.80 bits per heavy atom. The third kappa shape index (κ3) is 2.49. The zero-order chi connectivity index (χ0) is 10.8. The van der Waals surface area contributed by atoms with Gasteiger partial charge < -0.3 is 9.84 Å². The lowest BCUT2D eigenvalue weighted by atomic mass is 10.2. The van der Waals surface area contributed by atoms with Gasteiger partial charge in [0.2, 0.25) is 0 Å². The number of rotatable bonds is 2. The average molecular weight is 275 g/mol. The van der Waals surface area contributed by atoms with Crippen LogP contribution in [-0.2, 0) is 0 Å². The Labute approximate surface area is 96.2 Å². The first-order valence-corrected chi connectivity index (χ1v) is 5.76. The van der Waals surface area contributed by atoms with E-state index in [1.807, 2.05) is 0 Å². The van der Waals surface area contributed by atoms with Crippen LogP contribution >= 0.6 is 15.9 Å². The lowest BCUT2D eigenvalue weighted by Crippen LogP contribution is -2.25. The van der Waals surface area contributed by atoms with Gasteiger partial charge in [-0.15, -0.1) is 0 Å². The summed E-state index contributed by atoms with van der Waals surface area (Å²) in [6.45, 7) is 0. The second kappa shape index (κ2) is 4.49. The molecule has 2 rings (SSSR count). The third-order valence-electron chi connectivity index (χ3n) is 2.60. The van der Waals surface area contributed by atoms with E-state index in [0.717, 1.165) is 19.3 Å². The van der Waals surface area contributed by atoms with Crippen molar-refractivity contribution in [3.05, 3.63) is 28.5 Å². The number of hydrogen-bond donors (Lipinski definition) is 1. The minimum absolute atomic E-state index is 0.151. The lowest BCUT2D eigenvalue weighted by molar-refractivity contribution is 0.0603. The van der Waals surface area contributed by atoms with Crippen molar-refractivity contribution in [3.8, 4) is 5.75 Å². The summed E-state index contributed by atoms with van der Waals surface area (Å²) in [5.74, 6) is 0.281. The molecule has 0 amide bonds. The number of hydrogen-bond acceptors (Lipinski definition) is 2. The van der Waals surface area contributed by atoms with Gasteiger partial charge in [-0.1, -0.05) is 0 Å². The quantitative estimate of drug-likeness (QED) is 0.899. The van der Waals surface area contributed by atoms with Gasteiger partial charge in [0.25, 0.3) is 0 Å². The van der Waals surface area contributed by atoms with Crippen molar-refractivity contribution in [2.24, 2.45) is 0 Å². The van der Waals surface area contributed by atoms with E-state index in [2.05, 4.69) is 15.9 Å². The van der Waals surface area contributed by atoms with Crippen molar-refractivity contribution >= 4 is 15.9 Å². The molecule has 1 aliphatic rings. The van der Waals surface area contributed by atoms with Crippen LogP contribution in [0.15, 0.2) is 22.7 Å². The van der Waals surface area contributed by atoms with Crippen molar-refractivity contribution in [1.29, 1.82) is 0 Å². The van der Waals surface area contributed by atoms with Crippen molar-refractivity contribution in [2.75, 3.05) is 0 Å². The van der Waals surface area contributed by atoms with Crippen molar-refractivity contribution < 1.29 is 14.2 Å². The van der Waals surface area contributed by atoms with E-state index in [1.54, 1.807) is 12.1 Å². The molecule has 0 spiro atoms. The third-order valence-corrected chi connectivity index (χ3v) is 3.20. The average Bonchev–Trinajstić information content (AvgIpc) is 2.59. The van der Waals surface area contributed by atoms with Crippen LogP contribution in [0.3, 0.4) is 0 Å². The van der Waals surface area contributed by atoms with Gasteiger partial charge in [-0.3, -0.25) is 0 Å². The molecule has 0 unspecified atom stereocenters. The second-order valence-electron chi connectivity index (χ2n) is 3.73. The fourth-order valence-electron chi connectivity index (χ4n) is 1.77. The first-order valence-electron chi connectivity index (χ1n) is 4.96. The number of aliphatic hydroxyl groups excluding tert-OH is 1. The molecule has 1 aromatic carbocycles. The van der Waals surface area contributed by atoms with E-state index in [4.69, 9.17) is 4.74 Å². The van der Waals surface area contributed by atoms with E-state index in [0.29, 0.717) is 10.2 Å². The standard InChI is InChI=1S/C11H12BrFO2/c12-8-6-7(4-5-9(8)13)15-11-3-1-2-10(11)14/h4-6,10-11,14H,1-3H2/t10-,11-/m0/s1. The Bertz CT molecular complexity index is 356. The van der Waals surface area contributed by atoms with Crippen LogP contribution in [0.1, 0.15) is 19.3 Å². The summed E-state index contributed by atoms with van der Waals surface area (Å²) >= 11 is 3.09.